The molecule has 1 aromatic heterocycles. The molecule has 0 spiro atoms. The SMILES string of the molecule is COc1ccc(NC2=C(c3cccs3)C(=O)N(Cc3ccccc3)C2=O)cc1OC. The van der Waals surface area contributed by atoms with Crippen LogP contribution in [0.3, 0.4) is 0 Å². The number of hydrogen-bond donors (Lipinski definition) is 1. The molecule has 4 rings (SSSR count). The van der Waals surface area contributed by atoms with E-state index in [9.17, 15) is 9.59 Å². The molecule has 30 heavy (non-hydrogen) atoms. The summed E-state index contributed by atoms with van der Waals surface area (Å²) in [5.41, 5.74) is 2.14. The Hall–Kier alpha value is -3.58. The minimum Gasteiger partial charge on any atom is -0.493 e. The molecule has 7 heteroatoms. The molecule has 0 atom stereocenters. The van der Waals surface area contributed by atoms with E-state index in [0.717, 1.165) is 10.4 Å². The Labute approximate surface area is 178 Å². The number of nitrogens with zero attached hydrogens (tertiary/aromatic N) is 1. The molecular formula is C23H20N2O4S. The van der Waals surface area contributed by atoms with Crippen molar-refractivity contribution in [2.75, 3.05) is 19.5 Å². The Bertz CT molecular complexity index is 1110. The summed E-state index contributed by atoms with van der Waals surface area (Å²) in [6, 6.07) is 18.4. The Morgan fingerprint density at radius 1 is 0.900 bits per heavy atom. The van der Waals surface area contributed by atoms with Gasteiger partial charge in [0.25, 0.3) is 11.8 Å². The fourth-order valence-corrected chi connectivity index (χ4v) is 4.08. The number of anilines is 1. The maximum atomic E-state index is 13.2. The van der Waals surface area contributed by atoms with Crippen LogP contribution in [0.2, 0.25) is 0 Å². The topological polar surface area (TPSA) is 67.9 Å². The number of benzene rings is 2. The molecule has 1 aliphatic heterocycles. The lowest BCUT2D eigenvalue weighted by Gasteiger charge is -2.15. The van der Waals surface area contributed by atoms with E-state index in [1.54, 1.807) is 32.4 Å². The van der Waals surface area contributed by atoms with Crippen LogP contribution in [0.4, 0.5) is 5.69 Å². The van der Waals surface area contributed by atoms with E-state index in [4.69, 9.17) is 9.47 Å². The van der Waals surface area contributed by atoms with Crippen molar-refractivity contribution in [2.24, 2.45) is 0 Å². The monoisotopic (exact) mass is 420 g/mol. The van der Waals surface area contributed by atoms with Crippen molar-refractivity contribution in [1.82, 2.24) is 4.90 Å². The van der Waals surface area contributed by atoms with Gasteiger partial charge in [-0.3, -0.25) is 14.5 Å². The highest BCUT2D eigenvalue weighted by Crippen LogP contribution is 2.35. The minimum absolute atomic E-state index is 0.213. The molecule has 152 valence electrons. The van der Waals surface area contributed by atoms with E-state index in [-0.39, 0.29) is 24.1 Å². The Balaban J connectivity index is 1.71. The molecule has 0 aliphatic carbocycles. The number of thiophene rings is 1. The second-order valence-corrected chi connectivity index (χ2v) is 7.55. The van der Waals surface area contributed by atoms with E-state index in [0.29, 0.717) is 22.8 Å². The van der Waals surface area contributed by atoms with E-state index in [1.165, 1.54) is 16.2 Å². The number of hydrogen-bond acceptors (Lipinski definition) is 6. The van der Waals surface area contributed by atoms with Crippen LogP contribution in [0, 0.1) is 0 Å². The summed E-state index contributed by atoms with van der Waals surface area (Å²) in [4.78, 5) is 28.5. The number of ether oxygens (including phenoxy) is 2. The number of nitrogens with one attached hydrogen (secondary N) is 1. The highest BCUT2D eigenvalue weighted by atomic mass is 32.1. The summed E-state index contributed by atoms with van der Waals surface area (Å²) < 4.78 is 10.6. The standard InChI is InChI=1S/C23H20N2O4S/c1-28-17-11-10-16(13-18(17)29-2)24-21-20(19-9-6-12-30-19)22(26)25(23(21)27)14-15-7-4-3-5-8-15/h3-13,24H,14H2,1-2H3. The summed E-state index contributed by atoms with van der Waals surface area (Å²) in [5, 5.41) is 5.02. The first kappa shape index (κ1) is 19.7. The molecule has 1 aliphatic rings. The van der Waals surface area contributed by atoms with Crippen LogP contribution in [0.1, 0.15) is 10.4 Å². The molecule has 1 N–H and O–H groups in total. The lowest BCUT2D eigenvalue weighted by molar-refractivity contribution is -0.137. The largest absolute Gasteiger partial charge is 0.493 e. The first-order valence-corrected chi connectivity index (χ1v) is 10.2. The molecule has 0 fully saturated rings. The molecule has 0 bridgehead atoms. The molecule has 0 radical (unpaired) electrons. The summed E-state index contributed by atoms with van der Waals surface area (Å²) in [6.45, 7) is 0.213. The number of imide groups is 1. The zero-order chi connectivity index (χ0) is 21.1. The van der Waals surface area contributed by atoms with Gasteiger partial charge in [0.2, 0.25) is 0 Å². The highest BCUT2D eigenvalue weighted by Gasteiger charge is 2.39. The Kier molecular flexibility index (Phi) is 5.54. The molecular weight excluding hydrogens is 400 g/mol. The summed E-state index contributed by atoms with van der Waals surface area (Å²) in [7, 11) is 3.10. The number of carbonyl (C=O) groups is 2. The zero-order valence-corrected chi connectivity index (χ0v) is 17.4. The molecule has 2 heterocycles. The molecule has 0 saturated heterocycles. The smallest absolute Gasteiger partial charge is 0.278 e. The van der Waals surface area contributed by atoms with Crippen molar-refractivity contribution in [3.8, 4) is 11.5 Å². The van der Waals surface area contributed by atoms with Gasteiger partial charge in [0, 0.05) is 16.6 Å². The molecule has 2 amide bonds. The van der Waals surface area contributed by atoms with Crippen LogP contribution in [0.5, 0.6) is 11.5 Å². The van der Waals surface area contributed by atoms with Gasteiger partial charge in [0.15, 0.2) is 11.5 Å². The van der Waals surface area contributed by atoms with E-state index in [2.05, 4.69) is 5.32 Å². The fraction of sp³-hybridized carbons (Fsp3) is 0.130. The number of rotatable bonds is 7. The van der Waals surface area contributed by atoms with Gasteiger partial charge >= 0.3 is 0 Å². The quantitative estimate of drug-likeness (QED) is 0.582. The molecule has 6 nitrogen and oxygen atoms in total. The maximum Gasteiger partial charge on any atom is 0.278 e. The van der Waals surface area contributed by atoms with Crippen LogP contribution < -0.4 is 14.8 Å². The number of carbonyl (C=O) groups excluding carboxylic acids is 2. The molecule has 0 unspecified atom stereocenters. The van der Waals surface area contributed by atoms with Crippen molar-refractivity contribution < 1.29 is 19.1 Å². The average Bonchev–Trinajstić information content (AvgIpc) is 3.37. The Morgan fingerprint density at radius 3 is 2.33 bits per heavy atom. The van der Waals surface area contributed by atoms with Crippen LogP contribution in [-0.4, -0.2) is 30.9 Å². The summed E-state index contributed by atoms with van der Waals surface area (Å²) in [5.74, 6) is 0.435. The Morgan fingerprint density at radius 2 is 1.67 bits per heavy atom. The third kappa shape index (κ3) is 3.67. The van der Waals surface area contributed by atoms with Crippen molar-refractivity contribution >= 4 is 34.4 Å². The minimum atomic E-state index is -0.359. The predicted octanol–water partition coefficient (Wildman–Crippen LogP) is 4.16. The van der Waals surface area contributed by atoms with Crippen molar-refractivity contribution in [3.05, 3.63) is 82.2 Å². The average molecular weight is 420 g/mol. The lowest BCUT2D eigenvalue weighted by atomic mass is 10.1. The van der Waals surface area contributed by atoms with Crippen molar-refractivity contribution in [1.29, 1.82) is 0 Å². The van der Waals surface area contributed by atoms with Gasteiger partial charge in [-0.05, 0) is 29.1 Å². The molecule has 2 aromatic carbocycles. The normalized spacial score (nSPS) is 13.7. The number of amides is 2. The third-order valence-electron chi connectivity index (χ3n) is 4.77. The maximum absolute atomic E-state index is 13.2. The van der Waals surface area contributed by atoms with E-state index < -0.39 is 0 Å². The van der Waals surface area contributed by atoms with Crippen molar-refractivity contribution in [3.63, 3.8) is 0 Å². The van der Waals surface area contributed by atoms with Crippen LogP contribution in [0.25, 0.3) is 5.57 Å². The second kappa shape index (κ2) is 8.42. The van der Waals surface area contributed by atoms with Gasteiger partial charge in [0.1, 0.15) is 5.70 Å². The predicted molar refractivity (Wildman–Crippen MR) is 116 cm³/mol. The van der Waals surface area contributed by atoms with Gasteiger partial charge < -0.3 is 14.8 Å². The zero-order valence-electron chi connectivity index (χ0n) is 16.5. The van der Waals surface area contributed by atoms with Crippen LogP contribution in [0.15, 0.2) is 71.7 Å². The first-order valence-electron chi connectivity index (χ1n) is 9.29. The van der Waals surface area contributed by atoms with E-state index >= 15 is 0 Å². The highest BCUT2D eigenvalue weighted by molar-refractivity contribution is 7.11. The summed E-state index contributed by atoms with van der Waals surface area (Å²) >= 11 is 1.42. The molecule has 3 aromatic rings. The van der Waals surface area contributed by atoms with Crippen LogP contribution in [-0.2, 0) is 16.1 Å². The van der Waals surface area contributed by atoms with Crippen LogP contribution >= 0.6 is 11.3 Å². The van der Waals surface area contributed by atoms with Crippen molar-refractivity contribution in [2.45, 2.75) is 6.54 Å². The van der Waals surface area contributed by atoms with Gasteiger partial charge in [-0.25, -0.2) is 0 Å². The molecule has 0 saturated carbocycles. The van der Waals surface area contributed by atoms with Gasteiger partial charge in [-0.1, -0.05) is 36.4 Å². The van der Waals surface area contributed by atoms with E-state index in [1.807, 2.05) is 47.8 Å². The lowest BCUT2D eigenvalue weighted by Crippen LogP contribution is -2.31. The van der Waals surface area contributed by atoms with Gasteiger partial charge in [-0.15, -0.1) is 11.3 Å². The summed E-state index contributed by atoms with van der Waals surface area (Å²) in [6.07, 6.45) is 0. The first-order chi connectivity index (χ1) is 14.6. The van der Waals surface area contributed by atoms with Gasteiger partial charge in [-0.2, -0.15) is 0 Å². The van der Waals surface area contributed by atoms with Gasteiger partial charge in [0.05, 0.1) is 26.3 Å². The number of methoxy groups -OCH3 is 2. The third-order valence-corrected chi connectivity index (χ3v) is 5.66. The second-order valence-electron chi connectivity index (χ2n) is 6.60. The fourth-order valence-electron chi connectivity index (χ4n) is 3.31.